The van der Waals surface area contributed by atoms with Crippen molar-refractivity contribution >= 4 is 17.3 Å². The van der Waals surface area contributed by atoms with Crippen molar-refractivity contribution in [1.82, 2.24) is 9.97 Å². The second kappa shape index (κ2) is 6.92. The van der Waals surface area contributed by atoms with Gasteiger partial charge in [-0.2, -0.15) is 0 Å². The number of aromatic amines is 1. The van der Waals surface area contributed by atoms with Crippen molar-refractivity contribution < 1.29 is 14.5 Å². The summed E-state index contributed by atoms with van der Waals surface area (Å²) >= 11 is 0. The quantitative estimate of drug-likeness (QED) is 0.520. The number of piperidine rings is 1. The number of esters is 1. The van der Waals surface area contributed by atoms with Crippen molar-refractivity contribution in [2.24, 2.45) is 0 Å². The molecule has 1 fully saturated rings. The fourth-order valence-electron chi connectivity index (χ4n) is 3.39. The van der Waals surface area contributed by atoms with Crippen molar-refractivity contribution in [3.05, 3.63) is 51.6 Å². The monoisotopic (exact) mass is 344 g/mol. The molecule has 1 aliphatic rings. The summed E-state index contributed by atoms with van der Waals surface area (Å²) in [6.45, 7) is 3.21. The van der Waals surface area contributed by atoms with Gasteiger partial charge in [0.1, 0.15) is 11.4 Å². The number of nitro groups is 1. The summed E-state index contributed by atoms with van der Waals surface area (Å²) < 4.78 is 4.73. The van der Waals surface area contributed by atoms with Gasteiger partial charge in [-0.3, -0.25) is 10.1 Å². The molecule has 1 atom stereocenters. The molecule has 0 bridgehead atoms. The van der Waals surface area contributed by atoms with E-state index in [1.807, 2.05) is 0 Å². The number of benzene rings is 1. The van der Waals surface area contributed by atoms with Crippen LogP contribution in [0.3, 0.4) is 0 Å². The Morgan fingerprint density at radius 2 is 2.28 bits per heavy atom. The van der Waals surface area contributed by atoms with Crippen LogP contribution in [0.4, 0.5) is 11.4 Å². The molecule has 0 aliphatic carbocycles. The lowest BCUT2D eigenvalue weighted by atomic mass is 9.96. The number of hydrogen-bond acceptors (Lipinski definition) is 6. The average Bonchev–Trinajstić information content (AvgIpc) is 3.14. The summed E-state index contributed by atoms with van der Waals surface area (Å²) in [5, 5.41) is 11.3. The number of methoxy groups -OCH3 is 1. The van der Waals surface area contributed by atoms with Crippen LogP contribution in [-0.2, 0) is 4.74 Å². The summed E-state index contributed by atoms with van der Waals surface area (Å²) in [4.78, 5) is 32.4. The Kier molecular flexibility index (Phi) is 4.69. The number of nitrogens with one attached hydrogen (secondary N) is 1. The zero-order valence-corrected chi connectivity index (χ0v) is 14.2. The molecule has 1 N–H and O–H groups in total. The lowest BCUT2D eigenvalue weighted by molar-refractivity contribution is -0.385. The van der Waals surface area contributed by atoms with E-state index < -0.39 is 10.9 Å². The van der Waals surface area contributed by atoms with E-state index in [1.165, 1.54) is 7.11 Å². The van der Waals surface area contributed by atoms with Gasteiger partial charge in [0, 0.05) is 42.7 Å². The molecule has 1 unspecified atom stereocenters. The number of carbonyl (C=O) groups excluding carboxylic acids is 1. The van der Waals surface area contributed by atoms with Crippen LogP contribution < -0.4 is 4.90 Å². The number of ether oxygens (including phenoxy) is 1. The number of nitrogens with zero attached hydrogens (tertiary/aromatic N) is 3. The molecule has 0 amide bonds. The number of rotatable bonds is 4. The van der Waals surface area contributed by atoms with E-state index in [0.29, 0.717) is 5.56 Å². The van der Waals surface area contributed by atoms with Crippen molar-refractivity contribution in [2.75, 3.05) is 25.1 Å². The van der Waals surface area contributed by atoms with Gasteiger partial charge in [-0.25, -0.2) is 9.78 Å². The van der Waals surface area contributed by atoms with Crippen molar-refractivity contribution in [2.45, 2.75) is 25.7 Å². The second-order valence-corrected chi connectivity index (χ2v) is 6.17. The molecular formula is C17H20N4O4. The Labute approximate surface area is 145 Å². The van der Waals surface area contributed by atoms with Gasteiger partial charge in [-0.05, 0) is 31.9 Å². The van der Waals surface area contributed by atoms with Gasteiger partial charge in [-0.1, -0.05) is 0 Å². The maximum Gasteiger partial charge on any atom is 0.344 e. The van der Waals surface area contributed by atoms with Gasteiger partial charge in [-0.15, -0.1) is 0 Å². The number of carbonyl (C=O) groups is 1. The number of imidazole rings is 1. The molecule has 8 nitrogen and oxygen atoms in total. The number of aryl methyl sites for hydroxylation is 1. The lowest BCUT2D eigenvalue weighted by Crippen LogP contribution is -2.35. The van der Waals surface area contributed by atoms with Crippen LogP contribution in [0.15, 0.2) is 24.5 Å². The van der Waals surface area contributed by atoms with Crippen LogP contribution in [0, 0.1) is 17.0 Å². The summed E-state index contributed by atoms with van der Waals surface area (Å²) in [5.41, 5.74) is 1.03. The summed E-state index contributed by atoms with van der Waals surface area (Å²) in [7, 11) is 1.22. The van der Waals surface area contributed by atoms with E-state index in [0.717, 1.165) is 37.4 Å². The van der Waals surface area contributed by atoms with Gasteiger partial charge in [0.15, 0.2) is 0 Å². The fourth-order valence-corrected chi connectivity index (χ4v) is 3.39. The molecular weight excluding hydrogens is 324 g/mol. The Hall–Kier alpha value is -2.90. The fraction of sp³-hybridized carbons (Fsp3) is 0.412. The average molecular weight is 344 g/mol. The highest BCUT2D eigenvalue weighted by Gasteiger charge is 2.28. The van der Waals surface area contributed by atoms with Crippen LogP contribution in [0.5, 0.6) is 0 Å². The molecule has 0 spiro atoms. The van der Waals surface area contributed by atoms with Crippen LogP contribution >= 0.6 is 0 Å². The summed E-state index contributed by atoms with van der Waals surface area (Å²) in [6, 6.07) is 3.32. The van der Waals surface area contributed by atoms with E-state index in [-0.39, 0.29) is 17.2 Å². The number of anilines is 1. The van der Waals surface area contributed by atoms with E-state index >= 15 is 0 Å². The summed E-state index contributed by atoms with van der Waals surface area (Å²) in [5.74, 6) is 0.508. The zero-order chi connectivity index (χ0) is 18.0. The number of H-pyrrole nitrogens is 1. The highest BCUT2D eigenvalue weighted by molar-refractivity contribution is 5.95. The first-order chi connectivity index (χ1) is 12.0. The van der Waals surface area contributed by atoms with Crippen LogP contribution in [-0.4, -0.2) is 41.1 Å². The second-order valence-electron chi connectivity index (χ2n) is 6.17. The smallest absolute Gasteiger partial charge is 0.344 e. The third-order valence-corrected chi connectivity index (χ3v) is 4.57. The molecule has 1 aromatic heterocycles. The van der Waals surface area contributed by atoms with Gasteiger partial charge in [0.05, 0.1) is 12.0 Å². The Morgan fingerprint density at radius 3 is 2.92 bits per heavy atom. The molecule has 1 aliphatic heterocycles. The third-order valence-electron chi connectivity index (χ3n) is 4.57. The predicted octanol–water partition coefficient (Wildman–Crippen LogP) is 2.80. The molecule has 2 aromatic rings. The van der Waals surface area contributed by atoms with Crippen molar-refractivity contribution in [1.29, 1.82) is 0 Å². The molecule has 25 heavy (non-hydrogen) atoms. The maximum atomic E-state index is 12.0. The number of nitro benzene ring substituents is 1. The first-order valence-corrected chi connectivity index (χ1v) is 8.13. The van der Waals surface area contributed by atoms with E-state index in [2.05, 4.69) is 14.9 Å². The van der Waals surface area contributed by atoms with Gasteiger partial charge in [0.25, 0.3) is 5.69 Å². The van der Waals surface area contributed by atoms with E-state index in [1.54, 1.807) is 31.5 Å². The zero-order valence-electron chi connectivity index (χ0n) is 14.2. The highest BCUT2D eigenvalue weighted by Crippen LogP contribution is 2.33. The van der Waals surface area contributed by atoms with Gasteiger partial charge in [0.2, 0.25) is 0 Å². The molecule has 8 heteroatoms. The van der Waals surface area contributed by atoms with E-state index in [9.17, 15) is 14.9 Å². The van der Waals surface area contributed by atoms with Gasteiger partial charge < -0.3 is 14.6 Å². The van der Waals surface area contributed by atoms with Crippen LogP contribution in [0.1, 0.15) is 40.5 Å². The highest BCUT2D eigenvalue weighted by atomic mass is 16.6. The Bertz CT molecular complexity index is 788. The number of hydrogen-bond donors (Lipinski definition) is 1. The SMILES string of the molecule is COC(=O)c1cc(N2CCCC(c3ncc[nH]3)C2)cc(C)c1[N+](=O)[O-]. The Morgan fingerprint density at radius 1 is 1.48 bits per heavy atom. The molecule has 3 rings (SSSR count). The van der Waals surface area contributed by atoms with Crippen molar-refractivity contribution in [3.8, 4) is 0 Å². The minimum Gasteiger partial charge on any atom is -0.465 e. The molecule has 0 saturated carbocycles. The lowest BCUT2D eigenvalue weighted by Gasteiger charge is -2.34. The molecule has 1 aromatic carbocycles. The normalized spacial score (nSPS) is 17.4. The Balaban J connectivity index is 1.95. The largest absolute Gasteiger partial charge is 0.465 e. The predicted molar refractivity (Wildman–Crippen MR) is 91.9 cm³/mol. The minimum atomic E-state index is -0.698. The first kappa shape index (κ1) is 16.9. The molecule has 132 valence electrons. The van der Waals surface area contributed by atoms with Crippen LogP contribution in [0.2, 0.25) is 0 Å². The minimum absolute atomic E-state index is 0.0115. The van der Waals surface area contributed by atoms with E-state index in [4.69, 9.17) is 4.74 Å². The first-order valence-electron chi connectivity index (χ1n) is 8.13. The van der Waals surface area contributed by atoms with Gasteiger partial charge >= 0.3 is 5.97 Å². The summed E-state index contributed by atoms with van der Waals surface area (Å²) in [6.07, 6.45) is 5.55. The van der Waals surface area contributed by atoms with Crippen LogP contribution in [0.25, 0.3) is 0 Å². The standard InChI is InChI=1S/C17H20N4O4/c1-11-8-13(9-14(17(22)25-2)15(11)21(23)24)20-7-3-4-12(10-20)16-18-5-6-19-16/h5-6,8-9,12H,3-4,7,10H2,1-2H3,(H,18,19). The molecule has 0 radical (unpaired) electrons. The number of aromatic nitrogens is 2. The topological polar surface area (TPSA) is 101 Å². The molecule has 2 heterocycles. The van der Waals surface area contributed by atoms with Crippen molar-refractivity contribution in [3.63, 3.8) is 0 Å². The third kappa shape index (κ3) is 3.33. The maximum absolute atomic E-state index is 12.0. The molecule has 1 saturated heterocycles.